The molecule has 142 valence electrons. The van der Waals surface area contributed by atoms with E-state index in [-0.39, 0.29) is 18.2 Å². The van der Waals surface area contributed by atoms with Crippen LogP contribution in [0.15, 0.2) is 63.6 Å². The van der Waals surface area contributed by atoms with Gasteiger partial charge in [0.15, 0.2) is 12.4 Å². The van der Waals surface area contributed by atoms with E-state index < -0.39 is 5.97 Å². The Morgan fingerprint density at radius 3 is 2.64 bits per heavy atom. The number of rotatable bonds is 6. The number of esters is 1. The Balaban J connectivity index is 1.45. The third-order valence-electron chi connectivity index (χ3n) is 4.72. The molecule has 0 aliphatic rings. The number of carbonyl (C=O) groups excluding carboxylic acids is 2. The maximum absolute atomic E-state index is 12.5. The van der Waals surface area contributed by atoms with Crippen LogP contribution in [0.25, 0.3) is 11.0 Å². The number of ether oxygens (including phenoxy) is 1. The molecule has 0 N–H and O–H groups in total. The number of furan rings is 2. The summed E-state index contributed by atoms with van der Waals surface area (Å²) in [6.45, 7) is 3.90. The van der Waals surface area contributed by atoms with Crippen LogP contribution in [0.3, 0.4) is 0 Å². The van der Waals surface area contributed by atoms with Gasteiger partial charge in [0.25, 0.3) is 0 Å². The summed E-state index contributed by atoms with van der Waals surface area (Å²) in [6.07, 6.45) is 1.61. The van der Waals surface area contributed by atoms with Crippen molar-refractivity contribution in [1.82, 2.24) is 4.57 Å². The van der Waals surface area contributed by atoms with Gasteiger partial charge in [0.1, 0.15) is 11.3 Å². The first-order valence-electron chi connectivity index (χ1n) is 8.91. The van der Waals surface area contributed by atoms with Crippen LogP contribution < -0.4 is 0 Å². The molecule has 4 rings (SSSR count). The maximum atomic E-state index is 12.5. The van der Waals surface area contributed by atoms with Gasteiger partial charge in [0.2, 0.25) is 5.78 Å². The van der Waals surface area contributed by atoms with Gasteiger partial charge in [0.05, 0.1) is 18.4 Å². The van der Waals surface area contributed by atoms with Gasteiger partial charge in [-0.3, -0.25) is 4.79 Å². The van der Waals surface area contributed by atoms with E-state index in [0.717, 1.165) is 22.5 Å². The molecular weight excluding hydrogens is 358 g/mol. The van der Waals surface area contributed by atoms with Gasteiger partial charge >= 0.3 is 5.97 Å². The normalized spacial score (nSPS) is 11.1. The lowest BCUT2D eigenvalue weighted by atomic mass is 10.2. The van der Waals surface area contributed by atoms with Gasteiger partial charge in [-0.15, -0.1) is 0 Å². The predicted molar refractivity (Wildman–Crippen MR) is 103 cm³/mol. The third kappa shape index (κ3) is 3.36. The van der Waals surface area contributed by atoms with Crippen molar-refractivity contribution in [3.05, 3.63) is 83.3 Å². The molecule has 0 aliphatic heterocycles. The highest BCUT2D eigenvalue weighted by Crippen LogP contribution is 2.21. The Morgan fingerprint density at radius 2 is 1.89 bits per heavy atom. The third-order valence-corrected chi connectivity index (χ3v) is 4.72. The van der Waals surface area contributed by atoms with E-state index in [0.29, 0.717) is 17.7 Å². The molecule has 28 heavy (non-hydrogen) atoms. The minimum atomic E-state index is -0.539. The minimum absolute atomic E-state index is 0.178. The van der Waals surface area contributed by atoms with Gasteiger partial charge in [-0.2, -0.15) is 0 Å². The molecular formula is C22H19NO5. The number of para-hydroxylation sites is 1. The van der Waals surface area contributed by atoms with Crippen molar-refractivity contribution in [3.8, 4) is 0 Å². The lowest BCUT2D eigenvalue weighted by molar-refractivity contribution is 0.0467. The predicted octanol–water partition coefficient (Wildman–Crippen LogP) is 4.53. The van der Waals surface area contributed by atoms with E-state index in [4.69, 9.17) is 13.6 Å². The van der Waals surface area contributed by atoms with Gasteiger partial charge in [-0.05, 0) is 44.2 Å². The fourth-order valence-corrected chi connectivity index (χ4v) is 3.21. The average Bonchev–Trinajstić information content (AvgIpc) is 3.41. The van der Waals surface area contributed by atoms with Crippen LogP contribution in [0.1, 0.15) is 38.1 Å². The Hall–Kier alpha value is -3.54. The molecule has 1 aromatic carbocycles. The van der Waals surface area contributed by atoms with Crippen LogP contribution in [-0.4, -0.2) is 22.9 Å². The number of nitrogens with zero attached hydrogens (tertiary/aromatic N) is 1. The summed E-state index contributed by atoms with van der Waals surface area (Å²) in [7, 11) is 0. The van der Waals surface area contributed by atoms with E-state index in [1.54, 1.807) is 24.5 Å². The Morgan fingerprint density at radius 1 is 1.07 bits per heavy atom. The molecule has 3 heterocycles. The van der Waals surface area contributed by atoms with Crippen LogP contribution in [0.2, 0.25) is 0 Å². The number of aryl methyl sites for hydroxylation is 1. The smallest absolute Gasteiger partial charge is 0.340 e. The molecule has 0 saturated heterocycles. The molecule has 0 saturated carbocycles. The molecule has 4 aromatic rings. The zero-order valence-corrected chi connectivity index (χ0v) is 15.6. The van der Waals surface area contributed by atoms with Crippen LogP contribution >= 0.6 is 0 Å². The lowest BCUT2D eigenvalue weighted by Crippen LogP contribution is -2.14. The summed E-state index contributed by atoms with van der Waals surface area (Å²) < 4.78 is 18.1. The molecule has 6 nitrogen and oxygen atoms in total. The van der Waals surface area contributed by atoms with E-state index in [2.05, 4.69) is 0 Å². The second kappa shape index (κ2) is 7.23. The van der Waals surface area contributed by atoms with Gasteiger partial charge in [0, 0.05) is 16.8 Å². The number of carbonyl (C=O) groups is 2. The Bertz CT molecular complexity index is 1110. The summed E-state index contributed by atoms with van der Waals surface area (Å²) in [4.78, 5) is 24.8. The number of benzene rings is 1. The highest BCUT2D eigenvalue weighted by Gasteiger charge is 2.20. The van der Waals surface area contributed by atoms with Crippen LogP contribution in [0.4, 0.5) is 0 Å². The first-order chi connectivity index (χ1) is 13.5. The van der Waals surface area contributed by atoms with Gasteiger partial charge < -0.3 is 18.1 Å². The molecule has 0 unspecified atom stereocenters. The van der Waals surface area contributed by atoms with Crippen molar-refractivity contribution in [2.75, 3.05) is 6.61 Å². The maximum Gasteiger partial charge on any atom is 0.340 e. The first-order valence-corrected chi connectivity index (χ1v) is 8.91. The van der Waals surface area contributed by atoms with Crippen LogP contribution in [-0.2, 0) is 11.3 Å². The summed E-state index contributed by atoms with van der Waals surface area (Å²) in [5, 5.41) is 0.832. The van der Waals surface area contributed by atoms with Crippen molar-refractivity contribution in [2.24, 2.45) is 0 Å². The average molecular weight is 377 g/mol. The zero-order valence-electron chi connectivity index (χ0n) is 15.6. The Kier molecular flexibility index (Phi) is 4.61. The Labute approximate surface area is 161 Å². The SMILES string of the molecule is Cc1cc(C(=O)OCC(=O)c2cc3ccccc3o2)c(C)n1Cc1ccco1. The highest BCUT2D eigenvalue weighted by atomic mass is 16.5. The number of ketones is 1. The van der Waals surface area contributed by atoms with Crippen molar-refractivity contribution >= 4 is 22.7 Å². The topological polar surface area (TPSA) is 74.6 Å². The fourth-order valence-electron chi connectivity index (χ4n) is 3.21. The molecule has 0 bridgehead atoms. The number of aromatic nitrogens is 1. The largest absolute Gasteiger partial charge is 0.467 e. The van der Waals surface area contributed by atoms with Crippen LogP contribution in [0.5, 0.6) is 0 Å². The second-order valence-corrected chi connectivity index (χ2v) is 6.60. The second-order valence-electron chi connectivity index (χ2n) is 6.60. The van der Waals surface area contributed by atoms with Crippen molar-refractivity contribution in [3.63, 3.8) is 0 Å². The standard InChI is InChI=1S/C22H19NO5/c1-14-10-18(15(2)23(14)12-17-7-5-9-26-17)22(25)27-13-19(24)21-11-16-6-3-4-8-20(16)28-21/h3-11H,12-13H2,1-2H3. The summed E-state index contributed by atoms with van der Waals surface area (Å²) in [5.41, 5.74) is 2.72. The molecule has 0 fully saturated rings. The van der Waals surface area contributed by atoms with E-state index in [1.165, 1.54) is 0 Å². The fraction of sp³-hybridized carbons (Fsp3) is 0.182. The zero-order chi connectivity index (χ0) is 19.7. The van der Waals surface area contributed by atoms with E-state index >= 15 is 0 Å². The molecule has 0 atom stereocenters. The van der Waals surface area contributed by atoms with Crippen molar-refractivity contribution in [1.29, 1.82) is 0 Å². The van der Waals surface area contributed by atoms with Gasteiger partial charge in [-0.25, -0.2) is 4.79 Å². The minimum Gasteiger partial charge on any atom is -0.467 e. The monoisotopic (exact) mass is 377 g/mol. The highest BCUT2D eigenvalue weighted by molar-refractivity contribution is 6.00. The number of fused-ring (bicyclic) bond motifs is 1. The number of hydrogen-bond acceptors (Lipinski definition) is 5. The number of Topliss-reactive ketones (excluding diaryl/α,β-unsaturated/α-hetero) is 1. The van der Waals surface area contributed by atoms with Gasteiger partial charge in [-0.1, -0.05) is 18.2 Å². The van der Waals surface area contributed by atoms with Crippen LogP contribution in [0, 0.1) is 13.8 Å². The van der Waals surface area contributed by atoms with Crippen molar-refractivity contribution in [2.45, 2.75) is 20.4 Å². The summed E-state index contributed by atoms with van der Waals surface area (Å²) >= 11 is 0. The lowest BCUT2D eigenvalue weighted by Gasteiger charge is -2.08. The molecule has 0 radical (unpaired) electrons. The first kappa shape index (κ1) is 17.9. The molecule has 0 aliphatic carbocycles. The molecule has 6 heteroatoms. The number of hydrogen-bond donors (Lipinski definition) is 0. The summed E-state index contributed by atoms with van der Waals surface area (Å²) in [5.74, 6) is 0.0521. The van der Waals surface area contributed by atoms with E-state index in [9.17, 15) is 9.59 Å². The molecule has 0 amide bonds. The molecule has 0 spiro atoms. The molecule has 3 aromatic heterocycles. The quantitative estimate of drug-likeness (QED) is 0.364. The summed E-state index contributed by atoms with van der Waals surface area (Å²) in [6, 6.07) is 14.4. The van der Waals surface area contributed by atoms with Crippen molar-refractivity contribution < 1.29 is 23.2 Å². The van der Waals surface area contributed by atoms with E-state index in [1.807, 2.05) is 48.7 Å².